The average molecular weight is 272 g/mol. The molecule has 20 heavy (non-hydrogen) atoms. The average Bonchev–Trinajstić information content (AvgIpc) is 2.56. The van der Waals surface area contributed by atoms with Gasteiger partial charge in [0.25, 0.3) is 0 Å². The van der Waals surface area contributed by atoms with Crippen molar-refractivity contribution >= 4 is 5.69 Å². The summed E-state index contributed by atoms with van der Waals surface area (Å²) >= 11 is 0. The molecule has 0 amide bonds. The Kier molecular flexibility index (Phi) is 3.73. The predicted molar refractivity (Wildman–Crippen MR) is 74.8 cm³/mol. The lowest BCUT2D eigenvalue weighted by Gasteiger charge is -2.28. The fourth-order valence-corrected chi connectivity index (χ4v) is 2.18. The fourth-order valence-electron chi connectivity index (χ4n) is 2.18. The molecule has 2 aromatic rings. The summed E-state index contributed by atoms with van der Waals surface area (Å²) in [5.41, 5.74) is 2.95. The van der Waals surface area contributed by atoms with Crippen LogP contribution in [0.3, 0.4) is 0 Å². The summed E-state index contributed by atoms with van der Waals surface area (Å²) in [5, 5.41) is 7.65. The van der Waals surface area contributed by atoms with Crippen molar-refractivity contribution in [3.8, 4) is 17.3 Å². The molecule has 0 spiro atoms. The molecule has 1 aromatic carbocycles. The number of hydrogen-bond acceptors (Lipinski definition) is 6. The van der Waals surface area contributed by atoms with Crippen molar-refractivity contribution < 1.29 is 9.47 Å². The van der Waals surface area contributed by atoms with Crippen molar-refractivity contribution in [1.82, 2.24) is 15.2 Å². The topological polar surface area (TPSA) is 60.4 Å². The number of ether oxygens (including phenoxy) is 2. The Balaban J connectivity index is 1.81. The lowest BCUT2D eigenvalue weighted by Crippen LogP contribution is -2.36. The van der Waals surface area contributed by atoms with Gasteiger partial charge >= 0.3 is 6.01 Å². The summed E-state index contributed by atoms with van der Waals surface area (Å²) in [6, 6.07) is 8.53. The molecule has 0 unspecified atom stereocenters. The summed E-state index contributed by atoms with van der Waals surface area (Å²) in [7, 11) is 1.53. The molecule has 1 aliphatic heterocycles. The summed E-state index contributed by atoms with van der Waals surface area (Å²) in [4.78, 5) is 6.59. The first kappa shape index (κ1) is 12.8. The third-order valence-corrected chi connectivity index (χ3v) is 3.26. The van der Waals surface area contributed by atoms with E-state index in [4.69, 9.17) is 9.47 Å². The maximum Gasteiger partial charge on any atom is 0.335 e. The Labute approximate surface area is 117 Å². The van der Waals surface area contributed by atoms with Gasteiger partial charge in [-0.3, -0.25) is 0 Å². The van der Waals surface area contributed by atoms with Gasteiger partial charge in [-0.15, -0.1) is 0 Å². The van der Waals surface area contributed by atoms with Crippen LogP contribution in [0, 0.1) is 0 Å². The molecule has 1 saturated heterocycles. The lowest BCUT2D eigenvalue weighted by molar-refractivity contribution is 0.122. The van der Waals surface area contributed by atoms with Crippen LogP contribution in [0.4, 0.5) is 5.69 Å². The third-order valence-electron chi connectivity index (χ3n) is 3.26. The number of methoxy groups -OCH3 is 1. The first-order valence-electron chi connectivity index (χ1n) is 6.53. The minimum Gasteiger partial charge on any atom is -0.466 e. The molecule has 0 N–H and O–H groups in total. The van der Waals surface area contributed by atoms with Gasteiger partial charge in [0, 0.05) is 24.3 Å². The van der Waals surface area contributed by atoms with Crippen molar-refractivity contribution in [1.29, 1.82) is 0 Å². The molecule has 0 saturated carbocycles. The maximum absolute atomic E-state index is 5.36. The van der Waals surface area contributed by atoms with E-state index in [1.54, 1.807) is 6.20 Å². The van der Waals surface area contributed by atoms with Crippen LogP contribution in [-0.2, 0) is 4.74 Å². The molecular weight excluding hydrogens is 256 g/mol. The second-order valence-electron chi connectivity index (χ2n) is 4.47. The van der Waals surface area contributed by atoms with Crippen LogP contribution in [0.25, 0.3) is 11.3 Å². The van der Waals surface area contributed by atoms with Crippen LogP contribution in [0.15, 0.2) is 30.5 Å². The van der Waals surface area contributed by atoms with Gasteiger partial charge in [0.15, 0.2) is 0 Å². The number of benzene rings is 1. The second-order valence-corrected chi connectivity index (χ2v) is 4.47. The maximum atomic E-state index is 5.36. The number of morpholine rings is 1. The first-order chi connectivity index (χ1) is 9.86. The van der Waals surface area contributed by atoms with E-state index in [9.17, 15) is 0 Å². The summed E-state index contributed by atoms with van der Waals surface area (Å²) in [6.07, 6.45) is 1.63. The third kappa shape index (κ3) is 2.70. The highest BCUT2D eigenvalue weighted by molar-refractivity contribution is 5.62. The lowest BCUT2D eigenvalue weighted by atomic mass is 10.1. The number of nitrogens with zero attached hydrogens (tertiary/aromatic N) is 4. The molecule has 3 rings (SSSR count). The molecule has 0 atom stereocenters. The minimum absolute atomic E-state index is 0.278. The van der Waals surface area contributed by atoms with Crippen molar-refractivity contribution in [2.24, 2.45) is 0 Å². The van der Waals surface area contributed by atoms with Gasteiger partial charge in [-0.05, 0) is 12.1 Å². The van der Waals surface area contributed by atoms with E-state index in [2.05, 4.69) is 32.2 Å². The number of anilines is 1. The quantitative estimate of drug-likeness (QED) is 0.841. The molecular formula is C14H16N4O2. The zero-order valence-electron chi connectivity index (χ0n) is 11.3. The van der Waals surface area contributed by atoms with Crippen molar-refractivity contribution in [3.05, 3.63) is 30.5 Å². The minimum atomic E-state index is 0.278. The van der Waals surface area contributed by atoms with E-state index in [0.29, 0.717) is 0 Å². The van der Waals surface area contributed by atoms with E-state index < -0.39 is 0 Å². The Hall–Kier alpha value is -2.21. The van der Waals surface area contributed by atoms with Gasteiger partial charge in [0.2, 0.25) is 0 Å². The summed E-state index contributed by atoms with van der Waals surface area (Å²) in [6.45, 7) is 3.44. The zero-order chi connectivity index (χ0) is 13.8. The number of aromatic nitrogens is 3. The number of rotatable bonds is 3. The van der Waals surface area contributed by atoms with Crippen LogP contribution in [-0.4, -0.2) is 48.6 Å². The van der Waals surface area contributed by atoms with Crippen LogP contribution in [0.2, 0.25) is 0 Å². The Bertz CT molecular complexity index is 568. The molecule has 2 heterocycles. The fraction of sp³-hybridized carbons (Fsp3) is 0.357. The first-order valence-corrected chi connectivity index (χ1v) is 6.53. The highest BCUT2D eigenvalue weighted by Crippen LogP contribution is 2.22. The SMILES string of the molecule is COc1nncc(-c2ccc(N3CCOCC3)cc2)n1. The highest BCUT2D eigenvalue weighted by atomic mass is 16.5. The van der Waals surface area contributed by atoms with Crippen LogP contribution in [0.5, 0.6) is 6.01 Å². The molecule has 6 nitrogen and oxygen atoms in total. The van der Waals surface area contributed by atoms with Gasteiger partial charge in [0.1, 0.15) is 0 Å². The van der Waals surface area contributed by atoms with Gasteiger partial charge in [-0.25, -0.2) is 0 Å². The molecule has 104 valence electrons. The smallest absolute Gasteiger partial charge is 0.335 e. The van der Waals surface area contributed by atoms with Crippen LogP contribution < -0.4 is 9.64 Å². The predicted octanol–water partition coefficient (Wildman–Crippen LogP) is 1.38. The van der Waals surface area contributed by atoms with Crippen LogP contribution in [0.1, 0.15) is 0 Å². The Morgan fingerprint density at radius 1 is 1.15 bits per heavy atom. The van der Waals surface area contributed by atoms with Gasteiger partial charge in [-0.1, -0.05) is 17.2 Å². The molecule has 0 radical (unpaired) electrons. The standard InChI is InChI=1S/C14H16N4O2/c1-19-14-16-13(10-15-17-14)11-2-4-12(5-3-11)18-6-8-20-9-7-18/h2-5,10H,6-9H2,1H3. The molecule has 1 fully saturated rings. The molecule has 0 aliphatic carbocycles. The van der Waals surface area contributed by atoms with E-state index in [1.807, 2.05) is 12.1 Å². The zero-order valence-corrected chi connectivity index (χ0v) is 11.3. The van der Waals surface area contributed by atoms with E-state index in [1.165, 1.54) is 12.8 Å². The molecule has 1 aliphatic rings. The van der Waals surface area contributed by atoms with E-state index >= 15 is 0 Å². The highest BCUT2D eigenvalue weighted by Gasteiger charge is 2.11. The normalized spacial score (nSPS) is 15.2. The van der Waals surface area contributed by atoms with Crippen molar-refractivity contribution in [3.63, 3.8) is 0 Å². The molecule has 6 heteroatoms. The summed E-state index contributed by atoms with van der Waals surface area (Å²) in [5.74, 6) is 0. The summed E-state index contributed by atoms with van der Waals surface area (Å²) < 4.78 is 10.3. The van der Waals surface area contributed by atoms with Gasteiger partial charge in [-0.2, -0.15) is 10.1 Å². The van der Waals surface area contributed by atoms with Crippen molar-refractivity contribution in [2.75, 3.05) is 38.3 Å². The monoisotopic (exact) mass is 272 g/mol. The second kappa shape index (κ2) is 5.83. The van der Waals surface area contributed by atoms with Crippen molar-refractivity contribution in [2.45, 2.75) is 0 Å². The van der Waals surface area contributed by atoms with Gasteiger partial charge in [0.05, 0.1) is 32.2 Å². The van der Waals surface area contributed by atoms with E-state index in [0.717, 1.165) is 37.6 Å². The molecule has 1 aromatic heterocycles. The largest absolute Gasteiger partial charge is 0.466 e. The molecule has 0 bridgehead atoms. The van der Waals surface area contributed by atoms with Gasteiger partial charge < -0.3 is 14.4 Å². The Morgan fingerprint density at radius 3 is 2.60 bits per heavy atom. The van der Waals surface area contributed by atoms with Crippen LogP contribution >= 0.6 is 0 Å². The Morgan fingerprint density at radius 2 is 1.90 bits per heavy atom. The van der Waals surface area contributed by atoms with E-state index in [-0.39, 0.29) is 6.01 Å². The number of hydrogen-bond donors (Lipinski definition) is 0.